The molecule has 4 bridgehead atoms. The van der Waals surface area contributed by atoms with Crippen molar-refractivity contribution >= 4 is 29.2 Å². The fourth-order valence-electron chi connectivity index (χ4n) is 6.07. The van der Waals surface area contributed by atoms with Gasteiger partial charge in [0.1, 0.15) is 5.70 Å². The molecule has 0 radical (unpaired) electrons. The summed E-state index contributed by atoms with van der Waals surface area (Å²) < 4.78 is 9.34. The van der Waals surface area contributed by atoms with Gasteiger partial charge in [0, 0.05) is 11.4 Å². The second kappa shape index (κ2) is 8.36. The number of nitrogens with one attached hydrogen (secondary N) is 2. The fourth-order valence-corrected chi connectivity index (χ4v) is 6.07. The highest BCUT2D eigenvalue weighted by molar-refractivity contribution is 5.99. The van der Waals surface area contributed by atoms with E-state index < -0.39 is 11.9 Å². The van der Waals surface area contributed by atoms with Gasteiger partial charge in [0.2, 0.25) is 5.91 Å². The molecule has 5 rings (SSSR count). The van der Waals surface area contributed by atoms with Gasteiger partial charge >= 0.3 is 11.9 Å². The molecule has 2 N–H and O–H groups in total. The van der Waals surface area contributed by atoms with E-state index in [0.717, 1.165) is 30.9 Å². The minimum atomic E-state index is -0.690. The molecule has 1 aromatic carbocycles. The van der Waals surface area contributed by atoms with Crippen molar-refractivity contribution in [3.05, 3.63) is 35.5 Å². The summed E-state index contributed by atoms with van der Waals surface area (Å²) in [5.74, 6) is 0.831. The Morgan fingerprint density at radius 3 is 2.13 bits per heavy atom. The van der Waals surface area contributed by atoms with Crippen LogP contribution in [0.2, 0.25) is 0 Å². The van der Waals surface area contributed by atoms with Crippen molar-refractivity contribution in [2.45, 2.75) is 45.4 Å². The number of amides is 1. The van der Waals surface area contributed by atoms with Crippen LogP contribution in [0.15, 0.2) is 30.0 Å². The van der Waals surface area contributed by atoms with Crippen molar-refractivity contribution in [2.75, 3.05) is 24.9 Å². The van der Waals surface area contributed by atoms with Crippen LogP contribution in [0.1, 0.15) is 44.1 Å². The molecular weight excluding hydrogens is 396 g/mol. The molecule has 31 heavy (non-hydrogen) atoms. The van der Waals surface area contributed by atoms with Gasteiger partial charge in [0.25, 0.3) is 0 Å². The highest BCUT2D eigenvalue weighted by Gasteiger charge is 2.54. The second-order valence-corrected chi connectivity index (χ2v) is 9.38. The molecule has 0 spiro atoms. The zero-order valence-corrected chi connectivity index (χ0v) is 18.3. The third-order valence-corrected chi connectivity index (χ3v) is 7.15. The van der Waals surface area contributed by atoms with Gasteiger partial charge < -0.3 is 20.1 Å². The quantitative estimate of drug-likeness (QED) is 0.531. The first-order valence-corrected chi connectivity index (χ1v) is 10.9. The van der Waals surface area contributed by atoms with Crippen LogP contribution in [0.4, 0.5) is 11.4 Å². The average molecular weight is 427 g/mol. The molecule has 0 saturated heterocycles. The van der Waals surface area contributed by atoms with Crippen LogP contribution >= 0.6 is 0 Å². The first kappa shape index (κ1) is 21.4. The summed E-state index contributed by atoms with van der Waals surface area (Å²) in [5, 5.41) is 6.08. The molecule has 0 atom stereocenters. The predicted octanol–water partition coefficient (Wildman–Crippen LogP) is 3.79. The molecule has 4 fully saturated rings. The maximum Gasteiger partial charge on any atom is 0.354 e. The Morgan fingerprint density at radius 1 is 0.968 bits per heavy atom. The van der Waals surface area contributed by atoms with Gasteiger partial charge in [-0.3, -0.25) is 4.79 Å². The van der Waals surface area contributed by atoms with Gasteiger partial charge in [-0.15, -0.1) is 0 Å². The Bertz CT molecular complexity index is 901. The Labute approximate surface area is 182 Å². The number of rotatable bonds is 6. The van der Waals surface area contributed by atoms with E-state index in [1.54, 1.807) is 12.1 Å². The van der Waals surface area contributed by atoms with Crippen LogP contribution in [-0.4, -0.2) is 32.1 Å². The molecule has 4 saturated carbocycles. The van der Waals surface area contributed by atoms with Crippen molar-refractivity contribution in [2.24, 2.45) is 23.2 Å². The van der Waals surface area contributed by atoms with E-state index in [9.17, 15) is 14.4 Å². The Hall–Kier alpha value is -2.83. The van der Waals surface area contributed by atoms with Gasteiger partial charge in [0.05, 0.1) is 25.7 Å². The summed E-state index contributed by atoms with van der Waals surface area (Å²) >= 11 is 0. The van der Waals surface area contributed by atoms with Crippen LogP contribution in [0.5, 0.6) is 0 Å². The average Bonchev–Trinajstić information content (AvgIpc) is 2.73. The Kier molecular flexibility index (Phi) is 5.77. The normalized spacial score (nSPS) is 28.7. The number of carbonyl (C=O) groups excluding carboxylic acids is 3. The second-order valence-electron chi connectivity index (χ2n) is 9.38. The molecule has 4 aliphatic carbocycles. The van der Waals surface area contributed by atoms with E-state index in [-0.39, 0.29) is 17.0 Å². The van der Waals surface area contributed by atoms with Gasteiger partial charge in [-0.2, -0.15) is 0 Å². The van der Waals surface area contributed by atoms with E-state index in [2.05, 4.69) is 15.4 Å². The Balaban J connectivity index is 1.53. The molecule has 166 valence electrons. The summed E-state index contributed by atoms with van der Waals surface area (Å²) in [4.78, 5) is 37.0. The van der Waals surface area contributed by atoms with Gasteiger partial charge in [-0.1, -0.05) is 6.07 Å². The van der Waals surface area contributed by atoms with Crippen molar-refractivity contribution in [1.82, 2.24) is 0 Å². The predicted molar refractivity (Wildman–Crippen MR) is 116 cm³/mol. The van der Waals surface area contributed by atoms with Crippen LogP contribution in [0.25, 0.3) is 0 Å². The molecule has 1 amide bonds. The topological polar surface area (TPSA) is 93.7 Å². The lowest BCUT2D eigenvalue weighted by molar-refractivity contribution is -0.140. The van der Waals surface area contributed by atoms with Crippen LogP contribution in [0.3, 0.4) is 0 Å². The van der Waals surface area contributed by atoms with E-state index in [0.29, 0.717) is 29.1 Å². The lowest BCUT2D eigenvalue weighted by atomic mass is 9.49. The number of hydrogen-bond acceptors (Lipinski definition) is 6. The van der Waals surface area contributed by atoms with Crippen molar-refractivity contribution < 1.29 is 23.9 Å². The monoisotopic (exact) mass is 426 g/mol. The van der Waals surface area contributed by atoms with Crippen molar-refractivity contribution in [3.63, 3.8) is 0 Å². The first-order chi connectivity index (χ1) is 14.8. The minimum Gasteiger partial charge on any atom is -0.466 e. The molecular formula is C24H30N2O5. The number of hydrogen-bond donors (Lipinski definition) is 2. The van der Waals surface area contributed by atoms with Crippen LogP contribution in [-0.2, 0) is 23.9 Å². The summed E-state index contributed by atoms with van der Waals surface area (Å²) in [6, 6.07) is 5.43. The number of benzene rings is 1. The third kappa shape index (κ3) is 4.31. The Morgan fingerprint density at radius 2 is 1.58 bits per heavy atom. The van der Waals surface area contributed by atoms with Gasteiger partial charge in [-0.25, -0.2) is 9.59 Å². The summed E-state index contributed by atoms with van der Waals surface area (Å²) in [6.45, 7) is 1.94. The van der Waals surface area contributed by atoms with Gasteiger partial charge in [0.15, 0.2) is 0 Å². The largest absolute Gasteiger partial charge is 0.466 e. The number of ether oxygens (including phenoxy) is 2. The lowest BCUT2D eigenvalue weighted by Crippen LogP contribution is -2.51. The first-order valence-electron chi connectivity index (χ1n) is 10.9. The smallest absolute Gasteiger partial charge is 0.354 e. The number of anilines is 2. The molecule has 0 aliphatic heterocycles. The zero-order valence-electron chi connectivity index (χ0n) is 18.3. The van der Waals surface area contributed by atoms with E-state index in [1.807, 2.05) is 13.0 Å². The standard InChI is InChI=1S/C24H30N2O5/c1-14-4-5-18(25-20(22(28)31-3)10-21(27)30-2)9-19(14)26-23(29)24-11-15-6-16(12-24)8-17(7-15)13-24/h4-5,9-10,15-17,25H,6-8,11-13H2,1-3H3,(H,26,29)/b20-10+. The number of methoxy groups -OCH3 is 2. The van der Waals surface area contributed by atoms with E-state index in [1.165, 1.54) is 33.5 Å². The molecule has 7 nitrogen and oxygen atoms in total. The molecule has 0 unspecified atom stereocenters. The third-order valence-electron chi connectivity index (χ3n) is 7.15. The number of aryl methyl sites for hydroxylation is 1. The molecule has 1 aromatic rings. The summed E-state index contributed by atoms with van der Waals surface area (Å²) in [5.41, 5.74) is 1.91. The maximum atomic E-state index is 13.4. The van der Waals surface area contributed by atoms with Gasteiger partial charge in [-0.05, 0) is 80.9 Å². The van der Waals surface area contributed by atoms with Crippen LogP contribution in [0, 0.1) is 30.1 Å². The van der Waals surface area contributed by atoms with E-state index >= 15 is 0 Å². The highest BCUT2D eigenvalue weighted by atomic mass is 16.5. The molecule has 0 aromatic heterocycles. The lowest BCUT2D eigenvalue weighted by Gasteiger charge is -2.55. The molecule has 0 heterocycles. The van der Waals surface area contributed by atoms with E-state index in [4.69, 9.17) is 4.74 Å². The molecule has 7 heteroatoms. The number of esters is 2. The zero-order chi connectivity index (χ0) is 22.2. The summed E-state index contributed by atoms with van der Waals surface area (Å²) in [6.07, 6.45) is 7.89. The fraction of sp³-hybridized carbons (Fsp3) is 0.542. The molecule has 4 aliphatic rings. The number of carbonyl (C=O) groups is 3. The maximum absolute atomic E-state index is 13.4. The highest BCUT2D eigenvalue weighted by Crippen LogP contribution is 2.60. The summed E-state index contributed by atoms with van der Waals surface area (Å²) in [7, 11) is 2.47. The van der Waals surface area contributed by atoms with Crippen LogP contribution < -0.4 is 10.6 Å². The SMILES string of the molecule is COC(=O)/C=C(/Nc1ccc(C)c(NC(=O)C23CC4CC(CC(C4)C2)C3)c1)C(=O)OC. The van der Waals surface area contributed by atoms with Crippen molar-refractivity contribution in [3.8, 4) is 0 Å². The van der Waals surface area contributed by atoms with Crippen molar-refractivity contribution in [1.29, 1.82) is 0 Å². The minimum absolute atomic E-state index is 0.0448.